The number of morpholine rings is 1. The van der Waals surface area contributed by atoms with Crippen LogP contribution in [0.1, 0.15) is 5.56 Å². The maximum absolute atomic E-state index is 9.89. The zero-order valence-electron chi connectivity index (χ0n) is 11.3. The Labute approximate surface area is 114 Å². The quantitative estimate of drug-likeness (QED) is 0.788. The number of hydrogen-bond acceptors (Lipinski definition) is 5. The molecule has 1 fully saturated rings. The minimum Gasteiger partial charge on any atom is -0.491 e. The van der Waals surface area contributed by atoms with E-state index in [0.29, 0.717) is 13.2 Å². The fourth-order valence-electron chi connectivity index (χ4n) is 1.92. The van der Waals surface area contributed by atoms with Crippen LogP contribution in [0.15, 0.2) is 24.3 Å². The van der Waals surface area contributed by atoms with E-state index in [1.165, 1.54) is 0 Å². The predicted molar refractivity (Wildman–Crippen MR) is 73.1 cm³/mol. The molecule has 0 radical (unpaired) electrons. The molecule has 0 bridgehead atoms. The van der Waals surface area contributed by atoms with E-state index < -0.39 is 6.10 Å². The van der Waals surface area contributed by atoms with E-state index in [9.17, 15) is 5.11 Å². The average Bonchev–Trinajstić information content (AvgIpc) is 2.45. The van der Waals surface area contributed by atoms with E-state index in [-0.39, 0.29) is 0 Å². The van der Waals surface area contributed by atoms with Crippen molar-refractivity contribution in [2.24, 2.45) is 0 Å². The molecule has 106 valence electrons. The van der Waals surface area contributed by atoms with Crippen LogP contribution in [0.25, 0.3) is 0 Å². The van der Waals surface area contributed by atoms with Crippen molar-refractivity contribution >= 4 is 0 Å². The van der Waals surface area contributed by atoms with Gasteiger partial charge in [0.25, 0.3) is 0 Å². The number of para-hydroxylation sites is 1. The Bertz CT molecular complexity index is 381. The van der Waals surface area contributed by atoms with Gasteiger partial charge in [0.2, 0.25) is 0 Å². The van der Waals surface area contributed by atoms with Crippen LogP contribution in [0.3, 0.4) is 0 Å². The van der Waals surface area contributed by atoms with Gasteiger partial charge in [-0.25, -0.2) is 5.01 Å². The molecule has 0 aromatic heterocycles. The van der Waals surface area contributed by atoms with E-state index in [2.05, 4.69) is 10.4 Å². The number of nitrogens with zero attached hydrogens (tertiary/aromatic N) is 1. The topological polar surface area (TPSA) is 54.0 Å². The fraction of sp³-hybridized carbons (Fsp3) is 0.571. The summed E-state index contributed by atoms with van der Waals surface area (Å²) in [5, 5.41) is 12.0. The summed E-state index contributed by atoms with van der Waals surface area (Å²) in [6.07, 6.45) is -0.526. The SMILES string of the molecule is Cc1ccccc1OCC(O)CNN1CCOCC1. The number of aliphatic hydroxyl groups excluding tert-OH is 1. The lowest BCUT2D eigenvalue weighted by atomic mass is 10.2. The molecule has 1 atom stereocenters. The van der Waals surface area contributed by atoms with Gasteiger partial charge < -0.3 is 14.6 Å². The first-order valence-corrected chi connectivity index (χ1v) is 6.68. The number of hydrogen-bond donors (Lipinski definition) is 2. The number of aryl methyl sites for hydroxylation is 1. The maximum atomic E-state index is 9.89. The van der Waals surface area contributed by atoms with Gasteiger partial charge in [-0.3, -0.25) is 5.43 Å². The van der Waals surface area contributed by atoms with E-state index in [1.807, 2.05) is 31.2 Å². The Hall–Kier alpha value is -1.14. The van der Waals surface area contributed by atoms with Crippen LogP contribution in [-0.2, 0) is 4.74 Å². The molecule has 0 amide bonds. The zero-order chi connectivity index (χ0) is 13.5. The molecule has 0 aliphatic carbocycles. The minimum atomic E-state index is -0.526. The maximum Gasteiger partial charge on any atom is 0.122 e. The molecule has 1 aromatic rings. The van der Waals surface area contributed by atoms with Crippen LogP contribution in [0.4, 0.5) is 0 Å². The number of hydrazine groups is 1. The Morgan fingerprint density at radius 1 is 1.37 bits per heavy atom. The molecule has 1 saturated heterocycles. The third kappa shape index (κ3) is 4.80. The fourth-order valence-corrected chi connectivity index (χ4v) is 1.92. The Balaban J connectivity index is 1.66. The smallest absolute Gasteiger partial charge is 0.122 e. The molecule has 1 unspecified atom stereocenters. The predicted octanol–water partition coefficient (Wildman–Crippen LogP) is 0.572. The molecule has 2 N–H and O–H groups in total. The lowest BCUT2D eigenvalue weighted by Gasteiger charge is -2.28. The molecule has 2 rings (SSSR count). The first-order chi connectivity index (χ1) is 9.25. The lowest BCUT2D eigenvalue weighted by molar-refractivity contribution is -0.000816. The molecule has 0 saturated carbocycles. The Kier molecular flexibility index (Phi) is 5.60. The molecule has 1 heterocycles. The summed E-state index contributed by atoms with van der Waals surface area (Å²) < 4.78 is 10.9. The average molecular weight is 266 g/mol. The summed E-state index contributed by atoms with van der Waals surface area (Å²) in [5.74, 6) is 0.827. The highest BCUT2D eigenvalue weighted by Crippen LogP contribution is 2.16. The normalized spacial score (nSPS) is 18.2. The summed E-state index contributed by atoms with van der Waals surface area (Å²) >= 11 is 0. The van der Waals surface area contributed by atoms with Crippen molar-refractivity contribution in [3.8, 4) is 5.75 Å². The van der Waals surface area contributed by atoms with E-state index in [0.717, 1.165) is 37.6 Å². The lowest BCUT2D eigenvalue weighted by Crippen LogP contribution is -2.48. The van der Waals surface area contributed by atoms with Crippen molar-refractivity contribution in [1.29, 1.82) is 0 Å². The molecular weight excluding hydrogens is 244 g/mol. The summed E-state index contributed by atoms with van der Waals surface area (Å²) in [5.41, 5.74) is 4.28. The highest BCUT2D eigenvalue weighted by Gasteiger charge is 2.12. The Morgan fingerprint density at radius 2 is 2.11 bits per heavy atom. The first-order valence-electron chi connectivity index (χ1n) is 6.68. The minimum absolute atomic E-state index is 0.294. The summed E-state index contributed by atoms with van der Waals surface area (Å²) in [4.78, 5) is 0. The Morgan fingerprint density at radius 3 is 2.84 bits per heavy atom. The van der Waals surface area contributed by atoms with Gasteiger partial charge in [-0.15, -0.1) is 0 Å². The van der Waals surface area contributed by atoms with Crippen LogP contribution in [0.5, 0.6) is 5.75 Å². The van der Waals surface area contributed by atoms with E-state index >= 15 is 0 Å². The van der Waals surface area contributed by atoms with Gasteiger partial charge in [-0.1, -0.05) is 18.2 Å². The van der Waals surface area contributed by atoms with Crippen LogP contribution in [-0.4, -0.2) is 55.7 Å². The molecule has 1 aromatic carbocycles. The molecular formula is C14H22N2O3. The van der Waals surface area contributed by atoms with Crippen LogP contribution in [0, 0.1) is 6.92 Å². The van der Waals surface area contributed by atoms with Gasteiger partial charge in [-0.05, 0) is 18.6 Å². The van der Waals surface area contributed by atoms with Gasteiger partial charge in [0, 0.05) is 19.6 Å². The number of rotatable bonds is 6. The van der Waals surface area contributed by atoms with Crippen molar-refractivity contribution in [2.75, 3.05) is 39.5 Å². The second-order valence-corrected chi connectivity index (χ2v) is 4.69. The van der Waals surface area contributed by atoms with Gasteiger partial charge in [0.05, 0.1) is 13.2 Å². The van der Waals surface area contributed by atoms with E-state index in [1.54, 1.807) is 0 Å². The third-order valence-corrected chi connectivity index (χ3v) is 3.09. The molecule has 5 nitrogen and oxygen atoms in total. The second kappa shape index (κ2) is 7.45. The molecule has 1 aliphatic heterocycles. The highest BCUT2D eigenvalue weighted by molar-refractivity contribution is 5.31. The van der Waals surface area contributed by atoms with Gasteiger partial charge in [-0.2, -0.15) is 0 Å². The van der Waals surface area contributed by atoms with Crippen LogP contribution >= 0.6 is 0 Å². The van der Waals surface area contributed by atoms with Crippen molar-refractivity contribution in [3.05, 3.63) is 29.8 Å². The number of ether oxygens (including phenoxy) is 2. The van der Waals surface area contributed by atoms with Crippen LogP contribution < -0.4 is 10.2 Å². The zero-order valence-corrected chi connectivity index (χ0v) is 11.3. The van der Waals surface area contributed by atoms with Crippen molar-refractivity contribution in [1.82, 2.24) is 10.4 Å². The number of aliphatic hydroxyl groups is 1. The van der Waals surface area contributed by atoms with Gasteiger partial charge in [0.15, 0.2) is 0 Å². The molecule has 1 aliphatic rings. The van der Waals surface area contributed by atoms with Gasteiger partial charge >= 0.3 is 0 Å². The standard InChI is InChI=1S/C14H22N2O3/c1-12-4-2-3-5-14(12)19-11-13(17)10-15-16-6-8-18-9-7-16/h2-5,13,15,17H,6-11H2,1H3. The number of benzene rings is 1. The third-order valence-electron chi connectivity index (χ3n) is 3.09. The molecule has 0 spiro atoms. The summed E-state index contributed by atoms with van der Waals surface area (Å²) in [6.45, 7) is 5.96. The molecule has 19 heavy (non-hydrogen) atoms. The van der Waals surface area contributed by atoms with Crippen molar-refractivity contribution in [3.63, 3.8) is 0 Å². The van der Waals surface area contributed by atoms with Crippen molar-refractivity contribution < 1.29 is 14.6 Å². The number of nitrogens with one attached hydrogen (secondary N) is 1. The largest absolute Gasteiger partial charge is 0.491 e. The highest BCUT2D eigenvalue weighted by atomic mass is 16.5. The van der Waals surface area contributed by atoms with Crippen LogP contribution in [0.2, 0.25) is 0 Å². The monoisotopic (exact) mass is 266 g/mol. The molecule has 5 heteroatoms. The summed E-state index contributed by atoms with van der Waals surface area (Å²) in [7, 11) is 0. The summed E-state index contributed by atoms with van der Waals surface area (Å²) in [6, 6.07) is 7.81. The van der Waals surface area contributed by atoms with Gasteiger partial charge in [0.1, 0.15) is 18.5 Å². The second-order valence-electron chi connectivity index (χ2n) is 4.69. The van der Waals surface area contributed by atoms with Crippen molar-refractivity contribution in [2.45, 2.75) is 13.0 Å². The van der Waals surface area contributed by atoms with E-state index in [4.69, 9.17) is 9.47 Å². The first kappa shape index (κ1) is 14.3.